The van der Waals surface area contributed by atoms with Gasteiger partial charge in [-0.05, 0) is 39.2 Å². The van der Waals surface area contributed by atoms with Gasteiger partial charge in [0.25, 0.3) is 0 Å². The average molecular weight is 198 g/mol. The lowest BCUT2D eigenvalue weighted by Gasteiger charge is -2.28. The van der Waals surface area contributed by atoms with E-state index < -0.39 is 5.54 Å². The highest BCUT2D eigenvalue weighted by atomic mass is 16.1. The maximum atomic E-state index is 11.1. The first kappa shape index (κ1) is 11.5. The number of carbonyl (C=O) groups excluding carboxylic acids is 1. The first-order chi connectivity index (χ1) is 6.52. The summed E-state index contributed by atoms with van der Waals surface area (Å²) in [5, 5.41) is 3.25. The number of nitrogens with two attached hydrogens (primary N) is 1. The van der Waals surface area contributed by atoms with Gasteiger partial charge in [-0.25, -0.2) is 0 Å². The molecule has 0 aliphatic heterocycles. The van der Waals surface area contributed by atoms with E-state index in [0.717, 1.165) is 12.5 Å². The van der Waals surface area contributed by atoms with Gasteiger partial charge < -0.3 is 11.1 Å². The van der Waals surface area contributed by atoms with Crippen LogP contribution in [0.2, 0.25) is 0 Å². The van der Waals surface area contributed by atoms with Crippen LogP contribution in [0.1, 0.15) is 46.0 Å². The molecule has 14 heavy (non-hydrogen) atoms. The van der Waals surface area contributed by atoms with Crippen molar-refractivity contribution < 1.29 is 4.79 Å². The number of nitrogens with one attached hydrogen (secondary N) is 1. The molecule has 0 aromatic carbocycles. The molecule has 0 unspecified atom stereocenters. The van der Waals surface area contributed by atoms with Crippen LogP contribution in [-0.4, -0.2) is 18.0 Å². The van der Waals surface area contributed by atoms with Crippen LogP contribution in [-0.2, 0) is 4.79 Å². The molecule has 0 bridgehead atoms. The van der Waals surface area contributed by atoms with E-state index in [0.29, 0.717) is 0 Å². The molecule has 0 aromatic heterocycles. The number of hydrogen-bond acceptors (Lipinski definition) is 2. The van der Waals surface area contributed by atoms with Crippen molar-refractivity contribution in [2.45, 2.75) is 51.5 Å². The van der Waals surface area contributed by atoms with Gasteiger partial charge in [-0.1, -0.05) is 19.3 Å². The fourth-order valence-corrected chi connectivity index (χ4v) is 1.88. The number of hydrogen-bond donors (Lipinski definition) is 2. The maximum Gasteiger partial charge on any atom is 0.237 e. The maximum absolute atomic E-state index is 11.1. The Bertz CT molecular complexity index is 195. The number of primary amides is 1. The van der Waals surface area contributed by atoms with Gasteiger partial charge in [0.2, 0.25) is 5.91 Å². The lowest BCUT2D eigenvalue weighted by molar-refractivity contribution is -0.123. The fourth-order valence-electron chi connectivity index (χ4n) is 1.88. The summed E-state index contributed by atoms with van der Waals surface area (Å²) in [7, 11) is 0. The van der Waals surface area contributed by atoms with Gasteiger partial charge in [0.1, 0.15) is 0 Å². The summed E-state index contributed by atoms with van der Waals surface area (Å²) in [5.41, 5.74) is 4.73. The van der Waals surface area contributed by atoms with Crippen molar-refractivity contribution in [3.8, 4) is 0 Å². The Balaban J connectivity index is 2.28. The predicted octanol–water partition coefficient (Wildman–Crippen LogP) is 1.42. The third kappa shape index (κ3) is 3.29. The summed E-state index contributed by atoms with van der Waals surface area (Å²) in [5.74, 6) is 0.468. The third-order valence-electron chi connectivity index (χ3n) is 3.17. The second kappa shape index (κ2) is 4.78. The van der Waals surface area contributed by atoms with Crippen LogP contribution < -0.4 is 11.1 Å². The Kier molecular flexibility index (Phi) is 3.93. The highest BCUT2D eigenvalue weighted by Crippen LogP contribution is 2.23. The van der Waals surface area contributed by atoms with Crippen LogP contribution in [0.4, 0.5) is 0 Å². The Labute approximate surface area is 86.4 Å². The summed E-state index contributed by atoms with van der Waals surface area (Å²) in [6.07, 6.45) is 6.63. The van der Waals surface area contributed by atoms with Crippen molar-refractivity contribution in [2.75, 3.05) is 6.54 Å². The molecule has 0 saturated heterocycles. The second-order valence-corrected chi connectivity index (χ2v) is 4.87. The van der Waals surface area contributed by atoms with Crippen LogP contribution in [0.5, 0.6) is 0 Å². The molecule has 1 aliphatic carbocycles. The molecule has 1 saturated carbocycles. The van der Waals surface area contributed by atoms with Crippen molar-refractivity contribution in [2.24, 2.45) is 11.7 Å². The zero-order chi connectivity index (χ0) is 10.6. The highest BCUT2D eigenvalue weighted by Gasteiger charge is 2.25. The zero-order valence-corrected chi connectivity index (χ0v) is 9.31. The van der Waals surface area contributed by atoms with E-state index in [1.165, 1.54) is 32.1 Å². The summed E-state index contributed by atoms with van der Waals surface area (Å²) >= 11 is 0. The average Bonchev–Trinajstić information content (AvgIpc) is 2.16. The zero-order valence-electron chi connectivity index (χ0n) is 9.31. The molecule has 1 aliphatic rings. The summed E-state index contributed by atoms with van der Waals surface area (Å²) in [4.78, 5) is 11.1. The van der Waals surface area contributed by atoms with Gasteiger partial charge in [0, 0.05) is 0 Å². The monoisotopic (exact) mass is 198 g/mol. The molecule has 3 nitrogen and oxygen atoms in total. The van der Waals surface area contributed by atoms with Crippen molar-refractivity contribution >= 4 is 5.91 Å². The van der Waals surface area contributed by atoms with Crippen LogP contribution in [0.15, 0.2) is 0 Å². The van der Waals surface area contributed by atoms with Gasteiger partial charge in [-0.2, -0.15) is 0 Å². The molecule has 0 spiro atoms. The summed E-state index contributed by atoms with van der Waals surface area (Å²) in [6.45, 7) is 4.62. The van der Waals surface area contributed by atoms with E-state index in [2.05, 4.69) is 5.32 Å². The molecule has 1 amide bonds. The Morgan fingerprint density at radius 1 is 1.36 bits per heavy atom. The standard InChI is InChI=1S/C11H22N2O/c1-11(2,10(12)14)13-8-9-6-4-3-5-7-9/h9,13H,3-8H2,1-2H3,(H2,12,14). The topological polar surface area (TPSA) is 55.1 Å². The van der Waals surface area contributed by atoms with Crippen molar-refractivity contribution in [3.05, 3.63) is 0 Å². The summed E-state index contributed by atoms with van der Waals surface area (Å²) in [6, 6.07) is 0. The van der Waals surface area contributed by atoms with Gasteiger partial charge in [-0.15, -0.1) is 0 Å². The molecular weight excluding hydrogens is 176 g/mol. The van der Waals surface area contributed by atoms with E-state index >= 15 is 0 Å². The van der Waals surface area contributed by atoms with E-state index in [4.69, 9.17) is 5.73 Å². The molecule has 3 N–H and O–H groups in total. The first-order valence-electron chi connectivity index (χ1n) is 5.57. The molecule has 82 valence electrons. The third-order valence-corrected chi connectivity index (χ3v) is 3.17. The highest BCUT2D eigenvalue weighted by molar-refractivity contribution is 5.83. The SMILES string of the molecule is CC(C)(NCC1CCCCC1)C(N)=O. The molecule has 1 rings (SSSR count). The van der Waals surface area contributed by atoms with Gasteiger partial charge in [0.05, 0.1) is 5.54 Å². The molecule has 0 radical (unpaired) electrons. The van der Waals surface area contributed by atoms with Gasteiger partial charge >= 0.3 is 0 Å². The molecule has 0 heterocycles. The molecule has 1 fully saturated rings. The van der Waals surface area contributed by atoms with E-state index in [1.54, 1.807) is 0 Å². The minimum Gasteiger partial charge on any atom is -0.368 e. The lowest BCUT2D eigenvalue weighted by atomic mass is 9.88. The predicted molar refractivity (Wildman–Crippen MR) is 57.9 cm³/mol. The Morgan fingerprint density at radius 3 is 2.43 bits per heavy atom. The quantitative estimate of drug-likeness (QED) is 0.718. The minimum atomic E-state index is -0.558. The van der Waals surface area contributed by atoms with Crippen molar-refractivity contribution in [1.29, 1.82) is 0 Å². The minimum absolute atomic E-state index is 0.270. The number of carbonyl (C=O) groups is 1. The van der Waals surface area contributed by atoms with E-state index in [-0.39, 0.29) is 5.91 Å². The molecule has 0 aromatic rings. The van der Waals surface area contributed by atoms with Crippen LogP contribution in [0, 0.1) is 5.92 Å². The van der Waals surface area contributed by atoms with Gasteiger partial charge in [0.15, 0.2) is 0 Å². The Hall–Kier alpha value is -0.570. The Morgan fingerprint density at radius 2 is 1.93 bits per heavy atom. The number of rotatable bonds is 4. The van der Waals surface area contributed by atoms with E-state index in [1.807, 2.05) is 13.8 Å². The second-order valence-electron chi connectivity index (χ2n) is 4.87. The van der Waals surface area contributed by atoms with E-state index in [9.17, 15) is 4.79 Å². The van der Waals surface area contributed by atoms with Crippen LogP contribution in [0.3, 0.4) is 0 Å². The fraction of sp³-hybridized carbons (Fsp3) is 0.909. The van der Waals surface area contributed by atoms with Crippen LogP contribution in [0.25, 0.3) is 0 Å². The molecule has 3 heteroatoms. The normalized spacial score (nSPS) is 19.6. The first-order valence-corrected chi connectivity index (χ1v) is 5.57. The van der Waals surface area contributed by atoms with Gasteiger partial charge in [-0.3, -0.25) is 4.79 Å². The summed E-state index contributed by atoms with van der Waals surface area (Å²) < 4.78 is 0. The lowest BCUT2D eigenvalue weighted by Crippen LogP contribution is -2.52. The van der Waals surface area contributed by atoms with Crippen LogP contribution >= 0.6 is 0 Å². The molecular formula is C11H22N2O. The van der Waals surface area contributed by atoms with Crippen molar-refractivity contribution in [1.82, 2.24) is 5.32 Å². The largest absolute Gasteiger partial charge is 0.368 e. The smallest absolute Gasteiger partial charge is 0.237 e. The van der Waals surface area contributed by atoms with Crippen molar-refractivity contribution in [3.63, 3.8) is 0 Å². The number of amides is 1. The molecule has 0 atom stereocenters.